The molecule has 4 N–H and O–H groups in total. The third-order valence-corrected chi connectivity index (χ3v) is 2.29. The first kappa shape index (κ1) is 10.6. The van der Waals surface area contributed by atoms with Gasteiger partial charge in [0, 0.05) is 16.3 Å². The lowest BCUT2D eigenvalue weighted by Crippen LogP contribution is -1.85. The smallest absolute Gasteiger partial charge is 0.269 e. The Hall–Kier alpha value is -1.89. The van der Waals surface area contributed by atoms with Crippen LogP contribution in [0.25, 0.3) is 0 Å². The van der Waals surface area contributed by atoms with Crippen LogP contribution in [0.1, 0.15) is 5.56 Å². The first-order valence-electron chi connectivity index (χ1n) is 4.35. The lowest BCUT2D eigenvalue weighted by Gasteiger charge is -1.97. The minimum absolute atomic E-state index is 0.135. The summed E-state index contributed by atoms with van der Waals surface area (Å²) in [4.78, 5) is 7.76. The number of nitrogens with two attached hydrogens (primary N) is 1. The molecule has 1 aromatic heterocycles. The first-order valence-corrected chi connectivity index (χ1v) is 5.15. The first-order chi connectivity index (χ1) is 7.65. The van der Waals surface area contributed by atoms with Gasteiger partial charge in [0.25, 0.3) is 5.95 Å². The number of benzene rings is 1. The summed E-state index contributed by atoms with van der Waals surface area (Å²) in [5.41, 5.74) is 5.91. The van der Waals surface area contributed by atoms with Crippen LogP contribution >= 0.6 is 15.9 Å². The Kier molecular flexibility index (Phi) is 2.86. The number of aliphatic imine (C=N–C) groups is 1. The molecule has 1 heterocycles. The van der Waals surface area contributed by atoms with Gasteiger partial charge in [-0.3, -0.25) is 0 Å². The number of halogens is 1. The van der Waals surface area contributed by atoms with Crippen molar-refractivity contribution in [2.24, 2.45) is 4.99 Å². The lowest BCUT2D eigenvalue weighted by atomic mass is 10.2. The van der Waals surface area contributed by atoms with Crippen LogP contribution in [0.15, 0.2) is 27.7 Å². The summed E-state index contributed by atoms with van der Waals surface area (Å²) in [6, 6.07) is 5.03. The van der Waals surface area contributed by atoms with Crippen molar-refractivity contribution in [2.75, 3.05) is 5.73 Å². The van der Waals surface area contributed by atoms with Gasteiger partial charge in [0.2, 0.25) is 5.95 Å². The topological polar surface area (TPSA) is 100 Å². The van der Waals surface area contributed by atoms with Crippen molar-refractivity contribution in [3.63, 3.8) is 0 Å². The number of aromatic hydroxyl groups is 1. The predicted molar refractivity (Wildman–Crippen MR) is 63.9 cm³/mol. The van der Waals surface area contributed by atoms with Crippen molar-refractivity contribution < 1.29 is 5.11 Å². The van der Waals surface area contributed by atoms with E-state index in [1.165, 1.54) is 6.21 Å². The molecule has 1 aromatic carbocycles. The Balaban J connectivity index is 2.26. The van der Waals surface area contributed by atoms with Gasteiger partial charge >= 0.3 is 0 Å². The van der Waals surface area contributed by atoms with E-state index in [9.17, 15) is 5.11 Å². The number of hydrogen-bond donors (Lipinski definition) is 3. The molecule has 2 aromatic rings. The summed E-state index contributed by atoms with van der Waals surface area (Å²) in [7, 11) is 0. The summed E-state index contributed by atoms with van der Waals surface area (Å²) >= 11 is 3.30. The van der Waals surface area contributed by atoms with Crippen LogP contribution < -0.4 is 5.73 Å². The Bertz CT molecular complexity index is 536. The van der Waals surface area contributed by atoms with Gasteiger partial charge in [-0.1, -0.05) is 15.9 Å². The highest BCUT2D eigenvalue weighted by Gasteiger charge is 2.00. The van der Waals surface area contributed by atoms with Crippen LogP contribution in [0.2, 0.25) is 0 Å². The molecule has 0 saturated heterocycles. The fourth-order valence-corrected chi connectivity index (χ4v) is 1.46. The number of phenols is 1. The second kappa shape index (κ2) is 4.31. The highest BCUT2D eigenvalue weighted by molar-refractivity contribution is 9.10. The molecule has 0 radical (unpaired) electrons. The fourth-order valence-electron chi connectivity index (χ4n) is 1.08. The van der Waals surface area contributed by atoms with Crippen LogP contribution in [-0.2, 0) is 0 Å². The second-order valence-corrected chi connectivity index (χ2v) is 3.90. The summed E-state index contributed by atoms with van der Waals surface area (Å²) < 4.78 is 0.848. The molecule has 6 nitrogen and oxygen atoms in total. The van der Waals surface area contributed by atoms with E-state index < -0.39 is 0 Å². The van der Waals surface area contributed by atoms with Crippen molar-refractivity contribution in [1.29, 1.82) is 0 Å². The maximum absolute atomic E-state index is 9.53. The van der Waals surface area contributed by atoms with Crippen molar-refractivity contribution in [3.8, 4) is 5.75 Å². The number of anilines is 1. The molecule has 0 unspecified atom stereocenters. The molecule has 0 fully saturated rings. The molecular weight excluding hydrogens is 274 g/mol. The molecule has 0 atom stereocenters. The summed E-state index contributed by atoms with van der Waals surface area (Å²) in [5.74, 6) is 0.554. The average molecular weight is 282 g/mol. The lowest BCUT2D eigenvalue weighted by molar-refractivity contribution is 0.474. The standard InChI is InChI=1S/C9H8BrN5O/c10-6-1-2-7(16)5(3-6)4-12-9-13-8(11)14-15-9/h1-4,16H,(H3,11,13,14,15). The van der Waals surface area contributed by atoms with Crippen LogP contribution in [0.3, 0.4) is 0 Å². The third kappa shape index (κ3) is 2.37. The molecule has 16 heavy (non-hydrogen) atoms. The van der Waals surface area contributed by atoms with Gasteiger partial charge in [-0.2, -0.15) is 4.98 Å². The molecular formula is C9H8BrN5O. The quantitative estimate of drug-likeness (QED) is 0.728. The number of H-pyrrole nitrogens is 1. The van der Waals surface area contributed by atoms with Gasteiger partial charge in [0.05, 0.1) is 0 Å². The molecule has 0 aliphatic carbocycles. The maximum atomic E-state index is 9.53. The third-order valence-electron chi connectivity index (χ3n) is 1.80. The van der Waals surface area contributed by atoms with E-state index in [0.29, 0.717) is 5.56 Å². The molecule has 0 amide bonds. The Morgan fingerprint density at radius 3 is 3.00 bits per heavy atom. The SMILES string of the molecule is Nc1nc(N=Cc2cc(Br)ccc2O)n[nH]1. The number of hydrogen-bond acceptors (Lipinski definition) is 5. The van der Waals surface area contributed by atoms with Crippen LogP contribution in [0.4, 0.5) is 11.9 Å². The van der Waals surface area contributed by atoms with E-state index in [1.807, 2.05) is 0 Å². The van der Waals surface area contributed by atoms with E-state index in [1.54, 1.807) is 18.2 Å². The van der Waals surface area contributed by atoms with Crippen molar-refractivity contribution in [3.05, 3.63) is 28.2 Å². The van der Waals surface area contributed by atoms with Gasteiger partial charge in [0.1, 0.15) is 5.75 Å². The van der Waals surface area contributed by atoms with Gasteiger partial charge in [-0.05, 0) is 18.2 Å². The number of aromatic nitrogens is 3. The molecule has 82 valence electrons. The highest BCUT2D eigenvalue weighted by atomic mass is 79.9. The van der Waals surface area contributed by atoms with E-state index in [2.05, 4.69) is 36.1 Å². The van der Waals surface area contributed by atoms with Crippen molar-refractivity contribution in [2.45, 2.75) is 0 Å². The Morgan fingerprint density at radius 1 is 1.50 bits per heavy atom. The Morgan fingerprint density at radius 2 is 2.31 bits per heavy atom. The number of nitrogens with one attached hydrogen (secondary N) is 1. The fraction of sp³-hybridized carbons (Fsp3) is 0. The number of phenolic OH excluding ortho intramolecular Hbond substituents is 1. The van der Waals surface area contributed by atoms with Crippen molar-refractivity contribution >= 4 is 34.0 Å². The van der Waals surface area contributed by atoms with Crippen LogP contribution in [0, 0.1) is 0 Å². The molecule has 0 aliphatic rings. The van der Waals surface area contributed by atoms with Gasteiger partial charge < -0.3 is 10.8 Å². The van der Waals surface area contributed by atoms with Gasteiger partial charge in [0.15, 0.2) is 0 Å². The van der Waals surface area contributed by atoms with Crippen LogP contribution in [-0.4, -0.2) is 26.5 Å². The molecule has 0 aliphatic heterocycles. The number of rotatable bonds is 2. The minimum atomic E-state index is 0.135. The monoisotopic (exact) mass is 281 g/mol. The number of aromatic amines is 1. The number of nitrogen functional groups attached to an aromatic ring is 1. The zero-order chi connectivity index (χ0) is 11.5. The second-order valence-electron chi connectivity index (χ2n) is 2.98. The molecule has 2 rings (SSSR count). The average Bonchev–Trinajstić information content (AvgIpc) is 2.66. The summed E-state index contributed by atoms with van der Waals surface area (Å²) in [6.45, 7) is 0. The van der Waals surface area contributed by atoms with Gasteiger partial charge in [-0.15, -0.1) is 5.10 Å². The van der Waals surface area contributed by atoms with E-state index >= 15 is 0 Å². The molecule has 0 spiro atoms. The van der Waals surface area contributed by atoms with Crippen molar-refractivity contribution in [1.82, 2.24) is 15.2 Å². The minimum Gasteiger partial charge on any atom is -0.507 e. The normalized spacial score (nSPS) is 11.1. The van der Waals surface area contributed by atoms with Crippen LogP contribution in [0.5, 0.6) is 5.75 Å². The highest BCUT2D eigenvalue weighted by Crippen LogP contribution is 2.20. The summed E-state index contributed by atoms with van der Waals surface area (Å²) in [6.07, 6.45) is 1.46. The Labute approximate surface area is 99.4 Å². The van der Waals surface area contributed by atoms with E-state index in [0.717, 1.165) is 4.47 Å². The molecule has 0 bridgehead atoms. The van der Waals surface area contributed by atoms with E-state index in [-0.39, 0.29) is 17.6 Å². The maximum Gasteiger partial charge on any atom is 0.269 e. The zero-order valence-electron chi connectivity index (χ0n) is 8.05. The van der Waals surface area contributed by atoms with E-state index in [4.69, 9.17) is 5.73 Å². The number of nitrogens with zero attached hydrogens (tertiary/aromatic N) is 3. The summed E-state index contributed by atoms with van der Waals surface area (Å²) in [5, 5.41) is 15.7. The molecule has 0 saturated carbocycles. The predicted octanol–water partition coefficient (Wildman–Crippen LogP) is 1.61. The van der Waals surface area contributed by atoms with Gasteiger partial charge in [-0.25, -0.2) is 10.1 Å². The zero-order valence-corrected chi connectivity index (χ0v) is 9.64. The molecule has 7 heteroatoms. The largest absolute Gasteiger partial charge is 0.507 e.